The molecular weight excluding hydrogens is 370 g/mol. The summed E-state index contributed by atoms with van der Waals surface area (Å²) in [6.07, 6.45) is 2.30. The van der Waals surface area contributed by atoms with Crippen LogP contribution in [0.15, 0.2) is 11.4 Å². The van der Waals surface area contributed by atoms with Crippen molar-refractivity contribution >= 4 is 29.2 Å². The van der Waals surface area contributed by atoms with E-state index in [1.165, 1.54) is 0 Å². The van der Waals surface area contributed by atoms with Gasteiger partial charge < -0.3 is 19.7 Å². The highest BCUT2D eigenvalue weighted by atomic mass is 32.1. The molecule has 0 bridgehead atoms. The summed E-state index contributed by atoms with van der Waals surface area (Å²) in [5, 5.41) is 4.81. The highest BCUT2D eigenvalue weighted by Crippen LogP contribution is 2.42. The summed E-state index contributed by atoms with van der Waals surface area (Å²) in [5.41, 5.74) is -0.142. The Kier molecular flexibility index (Phi) is 6.13. The van der Waals surface area contributed by atoms with Crippen LogP contribution in [-0.4, -0.2) is 74.7 Å². The maximum absolute atomic E-state index is 13.2. The molecule has 2 heterocycles. The van der Waals surface area contributed by atoms with E-state index in [1.807, 2.05) is 11.4 Å². The van der Waals surface area contributed by atoms with Crippen LogP contribution in [0, 0.1) is 0 Å². The summed E-state index contributed by atoms with van der Waals surface area (Å²) < 4.78 is 10.1. The van der Waals surface area contributed by atoms with Crippen molar-refractivity contribution in [2.75, 3.05) is 47.1 Å². The average Bonchev–Trinajstić information content (AvgIpc) is 3.22. The second-order valence-electron chi connectivity index (χ2n) is 6.70. The van der Waals surface area contributed by atoms with Crippen LogP contribution in [0.5, 0.6) is 0 Å². The molecule has 1 aromatic heterocycles. The van der Waals surface area contributed by atoms with Gasteiger partial charge in [-0.1, -0.05) is 0 Å². The van der Waals surface area contributed by atoms with Crippen LogP contribution in [0.25, 0.3) is 0 Å². The Morgan fingerprint density at radius 1 is 1.30 bits per heavy atom. The molecule has 4 amide bonds. The molecule has 8 nitrogen and oxygen atoms in total. The first-order valence-corrected chi connectivity index (χ1v) is 9.88. The van der Waals surface area contributed by atoms with Gasteiger partial charge in [-0.3, -0.25) is 14.5 Å². The van der Waals surface area contributed by atoms with Gasteiger partial charge >= 0.3 is 6.03 Å². The number of ether oxygens (including phenoxy) is 2. The zero-order valence-corrected chi connectivity index (χ0v) is 16.5. The van der Waals surface area contributed by atoms with Crippen LogP contribution in [-0.2, 0) is 31.0 Å². The predicted octanol–water partition coefficient (Wildman–Crippen LogP) is 0.953. The van der Waals surface area contributed by atoms with E-state index in [-0.39, 0.29) is 18.4 Å². The van der Waals surface area contributed by atoms with Crippen molar-refractivity contribution in [3.05, 3.63) is 21.9 Å². The van der Waals surface area contributed by atoms with Crippen LogP contribution in [0.4, 0.5) is 4.79 Å². The van der Waals surface area contributed by atoms with Gasteiger partial charge in [0.15, 0.2) is 0 Å². The van der Waals surface area contributed by atoms with Gasteiger partial charge in [0, 0.05) is 37.7 Å². The van der Waals surface area contributed by atoms with Crippen molar-refractivity contribution in [1.29, 1.82) is 0 Å². The minimum Gasteiger partial charge on any atom is -0.383 e. The lowest BCUT2D eigenvalue weighted by Crippen LogP contribution is -2.47. The molecule has 1 aliphatic carbocycles. The number of hydrogen-bond acceptors (Lipinski definition) is 6. The van der Waals surface area contributed by atoms with Gasteiger partial charge in [-0.15, -0.1) is 11.3 Å². The Hall–Kier alpha value is -1.97. The summed E-state index contributed by atoms with van der Waals surface area (Å²) in [4.78, 5) is 42.2. The van der Waals surface area contributed by atoms with Gasteiger partial charge in [-0.05, 0) is 30.7 Å². The van der Waals surface area contributed by atoms with Crippen molar-refractivity contribution in [3.63, 3.8) is 0 Å². The summed E-state index contributed by atoms with van der Waals surface area (Å²) in [6, 6.07) is 1.40. The van der Waals surface area contributed by atoms with Crippen LogP contribution in [0.3, 0.4) is 0 Å². The average molecular weight is 395 g/mol. The summed E-state index contributed by atoms with van der Waals surface area (Å²) >= 11 is 1.60. The summed E-state index contributed by atoms with van der Waals surface area (Å²) in [7, 11) is 3.11. The largest absolute Gasteiger partial charge is 0.383 e. The van der Waals surface area contributed by atoms with Crippen molar-refractivity contribution in [3.8, 4) is 0 Å². The molecule has 1 N–H and O–H groups in total. The lowest BCUT2D eigenvalue weighted by atomic mass is 9.80. The zero-order valence-electron chi connectivity index (χ0n) is 15.7. The van der Waals surface area contributed by atoms with Crippen molar-refractivity contribution in [2.24, 2.45) is 0 Å². The number of methoxy groups -OCH3 is 2. The van der Waals surface area contributed by atoms with Gasteiger partial charge in [0.2, 0.25) is 5.91 Å². The number of thiophene rings is 1. The molecule has 1 aromatic rings. The lowest BCUT2D eigenvalue weighted by molar-refractivity contribution is -0.140. The van der Waals surface area contributed by atoms with Crippen LogP contribution >= 0.6 is 11.3 Å². The molecule has 0 saturated carbocycles. The quantitative estimate of drug-likeness (QED) is 0.662. The summed E-state index contributed by atoms with van der Waals surface area (Å²) in [5.74, 6) is -0.635. The van der Waals surface area contributed by atoms with E-state index < -0.39 is 11.6 Å². The monoisotopic (exact) mass is 395 g/mol. The molecule has 1 saturated heterocycles. The second kappa shape index (κ2) is 8.37. The molecule has 148 valence electrons. The first-order valence-electron chi connectivity index (χ1n) is 9.00. The Morgan fingerprint density at radius 3 is 2.67 bits per heavy atom. The molecule has 0 aromatic carbocycles. The van der Waals surface area contributed by atoms with Crippen molar-refractivity contribution < 1.29 is 23.9 Å². The first-order chi connectivity index (χ1) is 13.0. The highest BCUT2D eigenvalue weighted by molar-refractivity contribution is 7.10. The molecule has 1 atom stereocenters. The Bertz CT molecular complexity index is 714. The fraction of sp³-hybridized carbons (Fsp3) is 0.611. The number of aryl methyl sites for hydroxylation is 1. The molecule has 0 unspecified atom stereocenters. The van der Waals surface area contributed by atoms with E-state index in [0.717, 1.165) is 28.2 Å². The number of rotatable bonds is 8. The predicted molar refractivity (Wildman–Crippen MR) is 99.5 cm³/mol. The first kappa shape index (κ1) is 19.8. The zero-order chi connectivity index (χ0) is 19.4. The number of imide groups is 1. The number of amides is 4. The summed E-state index contributed by atoms with van der Waals surface area (Å²) in [6.45, 7) is 1.22. The standard InChI is InChI=1S/C18H25N3O5S/c1-25-9-7-20(8-10-26-2)15(22)12-21-16(23)18(19-17(21)24)6-3-4-14-13(18)5-11-27-14/h5,11H,3-4,6-10,12H2,1-2H3,(H,19,24)/t18-/m0/s1. The third-order valence-corrected chi connectivity index (χ3v) is 6.09. The van der Waals surface area contributed by atoms with Crippen LogP contribution in [0.1, 0.15) is 23.3 Å². The minimum absolute atomic E-state index is 0.278. The Labute approximate surface area is 162 Å². The van der Waals surface area contributed by atoms with Gasteiger partial charge in [0.05, 0.1) is 13.2 Å². The molecule has 3 rings (SSSR count). The lowest BCUT2D eigenvalue weighted by Gasteiger charge is -2.31. The molecule has 1 aliphatic heterocycles. The van der Waals surface area contributed by atoms with E-state index >= 15 is 0 Å². The molecule has 1 spiro atoms. The Balaban J connectivity index is 1.75. The third-order valence-electron chi connectivity index (χ3n) is 5.11. The molecular formula is C18H25N3O5S. The number of nitrogens with one attached hydrogen (secondary N) is 1. The molecule has 1 fully saturated rings. The van der Waals surface area contributed by atoms with Gasteiger partial charge in [0.25, 0.3) is 5.91 Å². The Morgan fingerprint density at radius 2 is 2.00 bits per heavy atom. The van der Waals surface area contributed by atoms with Gasteiger partial charge in [0.1, 0.15) is 12.1 Å². The number of fused-ring (bicyclic) bond motifs is 2. The van der Waals surface area contributed by atoms with E-state index in [2.05, 4.69) is 5.32 Å². The fourth-order valence-corrected chi connectivity index (χ4v) is 4.68. The second-order valence-corrected chi connectivity index (χ2v) is 7.70. The van der Waals surface area contributed by atoms with Crippen LogP contribution in [0.2, 0.25) is 0 Å². The van der Waals surface area contributed by atoms with E-state index in [9.17, 15) is 14.4 Å². The van der Waals surface area contributed by atoms with Gasteiger partial charge in [-0.25, -0.2) is 4.79 Å². The van der Waals surface area contributed by atoms with E-state index in [0.29, 0.717) is 32.7 Å². The number of carbonyl (C=O) groups excluding carboxylic acids is 3. The smallest absolute Gasteiger partial charge is 0.325 e. The number of nitrogens with zero attached hydrogens (tertiary/aromatic N) is 2. The molecule has 0 radical (unpaired) electrons. The SMILES string of the molecule is COCCN(CCOC)C(=O)CN1C(=O)N[C@]2(CCCc3sccc32)C1=O. The third kappa shape index (κ3) is 3.71. The fourth-order valence-electron chi connectivity index (χ4n) is 3.68. The molecule has 2 aliphatic rings. The van der Waals surface area contributed by atoms with Crippen molar-refractivity contribution in [1.82, 2.24) is 15.1 Å². The minimum atomic E-state index is -1.02. The number of carbonyl (C=O) groups is 3. The maximum Gasteiger partial charge on any atom is 0.325 e. The van der Waals surface area contributed by atoms with Crippen molar-refractivity contribution in [2.45, 2.75) is 24.8 Å². The molecule has 27 heavy (non-hydrogen) atoms. The van der Waals surface area contributed by atoms with Gasteiger partial charge in [-0.2, -0.15) is 0 Å². The maximum atomic E-state index is 13.2. The normalized spacial score (nSPS) is 21.5. The molecule has 9 heteroatoms. The number of hydrogen-bond donors (Lipinski definition) is 1. The highest BCUT2D eigenvalue weighted by Gasteiger charge is 2.54. The van der Waals surface area contributed by atoms with E-state index in [1.54, 1.807) is 30.5 Å². The topological polar surface area (TPSA) is 88.2 Å². The van der Waals surface area contributed by atoms with E-state index in [4.69, 9.17) is 9.47 Å². The van der Waals surface area contributed by atoms with Crippen LogP contribution < -0.4 is 5.32 Å². The number of urea groups is 1.